The molecule has 194 valence electrons. The van der Waals surface area contributed by atoms with Crippen molar-refractivity contribution in [3.05, 3.63) is 76.6 Å². The molecule has 3 aromatic rings. The molecule has 1 aromatic heterocycles. The summed E-state index contributed by atoms with van der Waals surface area (Å²) in [5.74, 6) is 2.20. The van der Waals surface area contributed by atoms with E-state index in [2.05, 4.69) is 53.4 Å². The molecule has 0 bridgehead atoms. The van der Waals surface area contributed by atoms with Crippen molar-refractivity contribution < 1.29 is 9.47 Å². The van der Waals surface area contributed by atoms with Crippen LogP contribution in [0.4, 0.5) is 0 Å². The average Bonchev–Trinajstić information content (AvgIpc) is 2.93. The van der Waals surface area contributed by atoms with Gasteiger partial charge in [-0.3, -0.25) is 0 Å². The van der Waals surface area contributed by atoms with Gasteiger partial charge in [-0.1, -0.05) is 43.8 Å². The largest absolute Gasteiger partial charge is 0.492 e. The van der Waals surface area contributed by atoms with E-state index in [0.717, 1.165) is 52.8 Å². The lowest BCUT2D eigenvalue weighted by molar-refractivity contribution is 0.250. The molecule has 0 unspecified atom stereocenters. The van der Waals surface area contributed by atoms with E-state index in [-0.39, 0.29) is 5.41 Å². The molecule has 1 fully saturated rings. The number of aromatic nitrogens is 2. The fraction of sp³-hybridized carbons (Fsp3) is 0.433. The van der Waals surface area contributed by atoms with Crippen molar-refractivity contribution in [3.8, 4) is 17.6 Å². The number of ether oxygens (including phenoxy) is 2. The molecule has 1 aliphatic rings. The Balaban J connectivity index is 1.43. The number of hydrogen-bond acceptors (Lipinski definition) is 7. The van der Waals surface area contributed by atoms with Gasteiger partial charge in [0.15, 0.2) is 5.16 Å². The van der Waals surface area contributed by atoms with E-state index in [9.17, 15) is 5.26 Å². The SMILES string of the molecule is CSc1nccc(COc2ccc(C(C)(C)c3cc(C)c(OCCC4CCNCC4)c(C#N)c3)cc2)n1. The predicted octanol–water partition coefficient (Wildman–Crippen LogP) is 6.05. The van der Waals surface area contributed by atoms with E-state index in [4.69, 9.17) is 9.47 Å². The third kappa shape index (κ3) is 6.82. The third-order valence-electron chi connectivity index (χ3n) is 7.18. The van der Waals surface area contributed by atoms with Crippen LogP contribution in [0.3, 0.4) is 0 Å². The molecule has 4 rings (SSSR count). The maximum Gasteiger partial charge on any atom is 0.187 e. The van der Waals surface area contributed by atoms with E-state index in [1.807, 2.05) is 37.4 Å². The van der Waals surface area contributed by atoms with E-state index in [0.29, 0.717) is 30.4 Å². The van der Waals surface area contributed by atoms with Crippen LogP contribution >= 0.6 is 11.8 Å². The van der Waals surface area contributed by atoms with Crippen LogP contribution in [0, 0.1) is 24.2 Å². The molecular weight excluding hydrogens is 480 g/mol. The Bertz CT molecular complexity index is 1230. The standard InChI is InChI=1S/C30H36N4O2S/c1-21-17-25(18-23(19-31)28(21)35-16-12-22-9-13-32-14-10-22)30(2,3)24-5-7-27(8-6-24)36-20-26-11-15-33-29(34-26)37-4/h5-8,11,15,17-18,22,32H,9-10,12-14,16,20H2,1-4H3. The summed E-state index contributed by atoms with van der Waals surface area (Å²) in [4.78, 5) is 8.67. The Morgan fingerprint density at radius 1 is 1.08 bits per heavy atom. The maximum atomic E-state index is 9.91. The second-order valence-electron chi connectivity index (χ2n) is 10.1. The summed E-state index contributed by atoms with van der Waals surface area (Å²) < 4.78 is 12.1. The quantitative estimate of drug-likeness (QED) is 0.259. The molecule has 0 spiro atoms. The highest BCUT2D eigenvalue weighted by Crippen LogP contribution is 2.36. The van der Waals surface area contributed by atoms with Crippen molar-refractivity contribution in [2.24, 2.45) is 5.92 Å². The second-order valence-corrected chi connectivity index (χ2v) is 10.9. The number of thioether (sulfide) groups is 1. The predicted molar refractivity (Wildman–Crippen MR) is 148 cm³/mol. The van der Waals surface area contributed by atoms with Crippen molar-refractivity contribution in [1.29, 1.82) is 5.26 Å². The van der Waals surface area contributed by atoms with E-state index >= 15 is 0 Å². The second kappa shape index (κ2) is 12.4. The summed E-state index contributed by atoms with van der Waals surface area (Å²) in [6.45, 7) is 9.62. The summed E-state index contributed by atoms with van der Waals surface area (Å²) in [6.07, 6.45) is 7.14. The van der Waals surface area contributed by atoms with Crippen LogP contribution in [0.5, 0.6) is 11.5 Å². The Labute approximate surface area is 224 Å². The van der Waals surface area contributed by atoms with Crippen molar-refractivity contribution in [3.63, 3.8) is 0 Å². The number of nitrogens with zero attached hydrogens (tertiary/aromatic N) is 3. The summed E-state index contributed by atoms with van der Waals surface area (Å²) in [6, 6.07) is 16.5. The lowest BCUT2D eigenvalue weighted by atomic mass is 9.77. The summed E-state index contributed by atoms with van der Waals surface area (Å²) in [5, 5.41) is 14.1. The molecule has 0 amide bonds. The molecule has 2 aromatic carbocycles. The number of rotatable bonds is 10. The van der Waals surface area contributed by atoms with Crippen LogP contribution in [0.15, 0.2) is 53.8 Å². The smallest absolute Gasteiger partial charge is 0.187 e. The van der Waals surface area contributed by atoms with Crippen LogP contribution in [-0.2, 0) is 12.0 Å². The summed E-state index contributed by atoms with van der Waals surface area (Å²) >= 11 is 1.51. The van der Waals surface area contributed by atoms with Gasteiger partial charge in [-0.25, -0.2) is 9.97 Å². The zero-order valence-electron chi connectivity index (χ0n) is 22.2. The molecule has 2 heterocycles. The van der Waals surface area contributed by atoms with Crippen molar-refractivity contribution in [1.82, 2.24) is 15.3 Å². The number of piperidine rings is 1. The first kappa shape index (κ1) is 27.0. The molecule has 0 radical (unpaired) electrons. The van der Waals surface area contributed by atoms with Gasteiger partial charge in [-0.2, -0.15) is 5.26 Å². The van der Waals surface area contributed by atoms with Crippen molar-refractivity contribution >= 4 is 11.8 Å². The number of benzene rings is 2. The Morgan fingerprint density at radius 2 is 1.84 bits per heavy atom. The van der Waals surface area contributed by atoms with Gasteiger partial charge >= 0.3 is 0 Å². The molecule has 1 aliphatic heterocycles. The van der Waals surface area contributed by atoms with Crippen molar-refractivity contribution in [2.45, 2.75) is 57.2 Å². The van der Waals surface area contributed by atoms with Gasteiger partial charge in [0.1, 0.15) is 24.2 Å². The molecule has 0 aliphatic carbocycles. The van der Waals surface area contributed by atoms with Gasteiger partial charge in [-0.05, 0) is 92.4 Å². The van der Waals surface area contributed by atoms with Gasteiger partial charge < -0.3 is 14.8 Å². The van der Waals surface area contributed by atoms with Gasteiger partial charge in [0.2, 0.25) is 0 Å². The lowest BCUT2D eigenvalue weighted by Crippen LogP contribution is -2.28. The molecule has 1 N–H and O–H groups in total. The first-order valence-corrected chi connectivity index (χ1v) is 14.1. The minimum atomic E-state index is -0.289. The molecule has 7 heteroatoms. The van der Waals surface area contributed by atoms with Gasteiger partial charge in [0.05, 0.1) is 17.9 Å². The van der Waals surface area contributed by atoms with Crippen LogP contribution in [0.25, 0.3) is 0 Å². The van der Waals surface area contributed by atoms with Crippen molar-refractivity contribution in [2.75, 3.05) is 26.0 Å². The normalized spacial score (nSPS) is 14.2. The molecule has 6 nitrogen and oxygen atoms in total. The fourth-order valence-electron chi connectivity index (χ4n) is 4.75. The Morgan fingerprint density at radius 3 is 2.54 bits per heavy atom. The lowest BCUT2D eigenvalue weighted by Gasteiger charge is -2.28. The summed E-state index contributed by atoms with van der Waals surface area (Å²) in [5.41, 5.74) is 4.40. The van der Waals surface area contributed by atoms with Crippen LogP contribution in [-0.4, -0.2) is 35.9 Å². The van der Waals surface area contributed by atoms with E-state index in [1.165, 1.54) is 24.6 Å². The maximum absolute atomic E-state index is 9.91. The minimum absolute atomic E-state index is 0.289. The topological polar surface area (TPSA) is 80.1 Å². The zero-order valence-corrected chi connectivity index (χ0v) is 23.0. The molecule has 0 saturated carbocycles. The van der Waals surface area contributed by atoms with Gasteiger partial charge in [0, 0.05) is 11.6 Å². The fourth-order valence-corrected chi connectivity index (χ4v) is 5.13. The zero-order chi connectivity index (χ0) is 26.3. The minimum Gasteiger partial charge on any atom is -0.492 e. The highest BCUT2D eigenvalue weighted by atomic mass is 32.2. The van der Waals surface area contributed by atoms with E-state index in [1.54, 1.807) is 6.20 Å². The Kier molecular flexibility index (Phi) is 9.07. The Hall–Kier alpha value is -3.08. The van der Waals surface area contributed by atoms with Gasteiger partial charge in [0.25, 0.3) is 0 Å². The number of nitrogens with one attached hydrogen (secondary N) is 1. The average molecular weight is 517 g/mol. The first-order valence-electron chi connectivity index (χ1n) is 12.9. The summed E-state index contributed by atoms with van der Waals surface area (Å²) in [7, 11) is 0. The third-order valence-corrected chi connectivity index (χ3v) is 7.75. The van der Waals surface area contributed by atoms with Crippen LogP contribution < -0.4 is 14.8 Å². The monoisotopic (exact) mass is 516 g/mol. The number of nitriles is 1. The number of hydrogen-bond donors (Lipinski definition) is 1. The van der Waals surface area contributed by atoms with Gasteiger partial charge in [-0.15, -0.1) is 0 Å². The number of aryl methyl sites for hydroxylation is 1. The molecule has 1 saturated heterocycles. The molecule has 37 heavy (non-hydrogen) atoms. The molecule has 0 atom stereocenters. The first-order chi connectivity index (χ1) is 17.9. The van der Waals surface area contributed by atoms with Crippen LogP contribution in [0.1, 0.15) is 61.1 Å². The van der Waals surface area contributed by atoms with Crippen LogP contribution in [0.2, 0.25) is 0 Å². The highest BCUT2D eigenvalue weighted by Gasteiger charge is 2.26. The molecular formula is C30H36N4O2S. The van der Waals surface area contributed by atoms with E-state index < -0.39 is 0 Å². The highest BCUT2D eigenvalue weighted by molar-refractivity contribution is 7.98.